The number of piperidine rings is 1. The molecule has 4 heteroatoms. The minimum Gasteiger partial charge on any atom is -0.372 e. The zero-order valence-electron chi connectivity index (χ0n) is 15.7. The summed E-state index contributed by atoms with van der Waals surface area (Å²) in [5.74, 6) is 0.444. The van der Waals surface area contributed by atoms with E-state index in [1.54, 1.807) is 0 Å². The molecule has 0 bridgehead atoms. The Morgan fingerprint density at radius 1 is 1.00 bits per heavy atom. The van der Waals surface area contributed by atoms with Gasteiger partial charge in [0.05, 0.1) is 13.2 Å². The predicted octanol–water partition coefficient (Wildman–Crippen LogP) is 3.41. The van der Waals surface area contributed by atoms with Crippen molar-refractivity contribution in [2.45, 2.75) is 39.0 Å². The van der Waals surface area contributed by atoms with Crippen LogP contribution in [0.2, 0.25) is 0 Å². The molecule has 4 rings (SSSR count). The summed E-state index contributed by atoms with van der Waals surface area (Å²) in [6.07, 6.45) is 3.34. The van der Waals surface area contributed by atoms with Crippen LogP contribution in [0.5, 0.6) is 0 Å². The third-order valence-electron chi connectivity index (χ3n) is 5.94. The first-order valence-electron chi connectivity index (χ1n) is 9.93. The Balaban J connectivity index is 1.24. The summed E-state index contributed by atoms with van der Waals surface area (Å²) < 4.78 is 5.82. The van der Waals surface area contributed by atoms with Crippen LogP contribution in [0.1, 0.15) is 36.0 Å². The molecule has 1 amide bonds. The van der Waals surface area contributed by atoms with E-state index in [-0.39, 0.29) is 11.8 Å². The molecule has 2 aromatic carbocycles. The minimum absolute atomic E-state index is 0.219. The van der Waals surface area contributed by atoms with Crippen LogP contribution in [0.4, 0.5) is 0 Å². The lowest BCUT2D eigenvalue weighted by Gasteiger charge is -2.23. The molecule has 1 saturated heterocycles. The zero-order chi connectivity index (χ0) is 18.5. The van der Waals surface area contributed by atoms with Crippen molar-refractivity contribution in [3.8, 4) is 0 Å². The molecule has 2 aromatic rings. The van der Waals surface area contributed by atoms with Crippen LogP contribution in [-0.4, -0.2) is 19.0 Å². The number of hydrogen-bond donors (Lipinski definition) is 2. The first-order chi connectivity index (χ1) is 13.3. The third kappa shape index (κ3) is 4.57. The van der Waals surface area contributed by atoms with Gasteiger partial charge in [-0.15, -0.1) is 0 Å². The van der Waals surface area contributed by atoms with Crippen LogP contribution in [0.3, 0.4) is 0 Å². The van der Waals surface area contributed by atoms with Crippen LogP contribution < -0.4 is 10.6 Å². The van der Waals surface area contributed by atoms with Crippen molar-refractivity contribution in [1.82, 2.24) is 10.6 Å². The van der Waals surface area contributed by atoms with Crippen molar-refractivity contribution in [1.29, 1.82) is 0 Å². The Labute approximate surface area is 161 Å². The van der Waals surface area contributed by atoms with Gasteiger partial charge >= 0.3 is 0 Å². The molecule has 2 aliphatic rings. The van der Waals surface area contributed by atoms with Crippen molar-refractivity contribution >= 4 is 5.91 Å². The van der Waals surface area contributed by atoms with Crippen molar-refractivity contribution in [3.05, 3.63) is 71.3 Å². The second kappa shape index (κ2) is 8.24. The number of benzene rings is 2. The number of hydrogen-bond acceptors (Lipinski definition) is 3. The zero-order valence-corrected chi connectivity index (χ0v) is 15.7. The van der Waals surface area contributed by atoms with Crippen molar-refractivity contribution in [3.63, 3.8) is 0 Å². The van der Waals surface area contributed by atoms with Crippen LogP contribution in [0, 0.1) is 11.3 Å². The Bertz CT molecular complexity index is 769. The molecule has 1 aliphatic carbocycles. The first-order valence-corrected chi connectivity index (χ1v) is 9.93. The molecule has 27 heavy (non-hydrogen) atoms. The van der Waals surface area contributed by atoms with E-state index >= 15 is 0 Å². The van der Waals surface area contributed by atoms with Gasteiger partial charge in [-0.2, -0.15) is 0 Å². The maximum atomic E-state index is 12.5. The van der Waals surface area contributed by atoms with E-state index in [9.17, 15) is 4.79 Å². The molecular formula is C23H28N2O2. The predicted molar refractivity (Wildman–Crippen MR) is 106 cm³/mol. The normalized spacial score (nSPS) is 20.4. The van der Waals surface area contributed by atoms with Crippen molar-refractivity contribution in [2.24, 2.45) is 11.3 Å². The molecule has 1 aliphatic heterocycles. The fourth-order valence-electron chi connectivity index (χ4n) is 4.20. The number of nitrogens with one attached hydrogen (secondary N) is 2. The fraction of sp³-hybridized carbons (Fsp3) is 0.435. The molecular weight excluding hydrogens is 336 g/mol. The molecule has 2 N–H and O–H groups in total. The minimum atomic E-state index is 0.219. The van der Waals surface area contributed by atoms with E-state index in [0.717, 1.165) is 43.5 Å². The van der Waals surface area contributed by atoms with E-state index in [1.807, 2.05) is 24.3 Å². The second-order valence-electron chi connectivity index (χ2n) is 7.89. The number of rotatable bonds is 7. The third-order valence-corrected chi connectivity index (χ3v) is 5.94. The van der Waals surface area contributed by atoms with Crippen LogP contribution >= 0.6 is 0 Å². The van der Waals surface area contributed by atoms with Gasteiger partial charge in [0.15, 0.2) is 0 Å². The van der Waals surface area contributed by atoms with Gasteiger partial charge < -0.3 is 15.4 Å². The van der Waals surface area contributed by atoms with Gasteiger partial charge in [0.1, 0.15) is 0 Å². The molecule has 142 valence electrons. The van der Waals surface area contributed by atoms with Gasteiger partial charge in [-0.25, -0.2) is 0 Å². The summed E-state index contributed by atoms with van der Waals surface area (Å²) in [6, 6.07) is 18.5. The molecule has 0 radical (unpaired) electrons. The monoisotopic (exact) mass is 364 g/mol. The molecule has 0 aromatic heterocycles. The molecule has 1 heterocycles. The standard InChI is InChI=1S/C23H28N2O2/c26-22(21-14-23(21)9-11-24-12-10-23)25-15-19-7-4-8-20(13-19)17-27-16-18-5-2-1-3-6-18/h1-8,13,21,24H,9-12,14-17H2,(H,25,26). The van der Waals surface area contributed by atoms with Crippen LogP contribution in [-0.2, 0) is 29.3 Å². The molecule has 1 unspecified atom stereocenters. The highest BCUT2D eigenvalue weighted by Gasteiger charge is 2.57. The number of amides is 1. The Kier molecular flexibility index (Phi) is 5.55. The summed E-state index contributed by atoms with van der Waals surface area (Å²) in [5.41, 5.74) is 3.74. The van der Waals surface area contributed by atoms with Gasteiger partial charge in [0.2, 0.25) is 5.91 Å². The highest BCUT2D eigenvalue weighted by Crippen LogP contribution is 2.58. The number of ether oxygens (including phenoxy) is 1. The maximum absolute atomic E-state index is 12.5. The lowest BCUT2D eigenvalue weighted by atomic mass is 9.92. The summed E-state index contributed by atoms with van der Waals surface area (Å²) in [6.45, 7) is 3.88. The summed E-state index contributed by atoms with van der Waals surface area (Å²) >= 11 is 0. The quantitative estimate of drug-likeness (QED) is 0.792. The van der Waals surface area contributed by atoms with Crippen LogP contribution in [0.25, 0.3) is 0 Å². The SMILES string of the molecule is O=C(NCc1cccc(COCc2ccccc2)c1)C1CC12CCNCC2. The van der Waals surface area contributed by atoms with Crippen LogP contribution in [0.15, 0.2) is 54.6 Å². The highest BCUT2D eigenvalue weighted by atomic mass is 16.5. The Morgan fingerprint density at radius 3 is 2.52 bits per heavy atom. The van der Waals surface area contributed by atoms with Crippen molar-refractivity contribution in [2.75, 3.05) is 13.1 Å². The first kappa shape index (κ1) is 18.2. The fourth-order valence-corrected chi connectivity index (χ4v) is 4.20. The van der Waals surface area contributed by atoms with E-state index in [4.69, 9.17) is 4.74 Å². The summed E-state index contributed by atoms with van der Waals surface area (Å²) in [4.78, 5) is 12.5. The lowest BCUT2D eigenvalue weighted by molar-refractivity contribution is -0.123. The second-order valence-corrected chi connectivity index (χ2v) is 7.89. The summed E-state index contributed by atoms with van der Waals surface area (Å²) in [7, 11) is 0. The maximum Gasteiger partial charge on any atom is 0.223 e. The lowest BCUT2D eigenvalue weighted by Crippen LogP contribution is -2.33. The van der Waals surface area contributed by atoms with E-state index in [2.05, 4.69) is 41.0 Å². The Hall–Kier alpha value is -2.17. The van der Waals surface area contributed by atoms with E-state index in [1.165, 1.54) is 5.56 Å². The molecule has 1 saturated carbocycles. The van der Waals surface area contributed by atoms with Gasteiger partial charge in [-0.05, 0) is 54.5 Å². The highest BCUT2D eigenvalue weighted by molar-refractivity contribution is 5.82. The average molecular weight is 364 g/mol. The van der Waals surface area contributed by atoms with E-state index in [0.29, 0.717) is 25.2 Å². The van der Waals surface area contributed by atoms with Gasteiger partial charge in [-0.1, -0.05) is 54.6 Å². The van der Waals surface area contributed by atoms with Gasteiger partial charge in [0.25, 0.3) is 0 Å². The Morgan fingerprint density at radius 2 is 1.70 bits per heavy atom. The number of carbonyl (C=O) groups is 1. The molecule has 2 fully saturated rings. The van der Waals surface area contributed by atoms with Gasteiger partial charge in [0, 0.05) is 12.5 Å². The average Bonchev–Trinajstić information content (AvgIpc) is 3.40. The van der Waals surface area contributed by atoms with Crippen molar-refractivity contribution < 1.29 is 9.53 Å². The molecule has 1 spiro atoms. The molecule has 4 nitrogen and oxygen atoms in total. The molecule has 1 atom stereocenters. The summed E-state index contributed by atoms with van der Waals surface area (Å²) in [5, 5.41) is 6.53. The van der Waals surface area contributed by atoms with Gasteiger partial charge in [-0.3, -0.25) is 4.79 Å². The topological polar surface area (TPSA) is 50.4 Å². The smallest absolute Gasteiger partial charge is 0.223 e. The largest absolute Gasteiger partial charge is 0.372 e. The van der Waals surface area contributed by atoms with E-state index < -0.39 is 0 Å². The number of carbonyl (C=O) groups excluding carboxylic acids is 1.